The van der Waals surface area contributed by atoms with Gasteiger partial charge >= 0.3 is 0 Å². The molecule has 0 aliphatic heterocycles. The molecule has 3 rings (SSSR count). The van der Waals surface area contributed by atoms with E-state index in [4.69, 9.17) is 0 Å². The van der Waals surface area contributed by atoms with E-state index in [-0.39, 0.29) is 0 Å². The van der Waals surface area contributed by atoms with Crippen LogP contribution in [0.15, 0.2) is 42.7 Å². The van der Waals surface area contributed by atoms with Gasteiger partial charge in [-0.15, -0.1) is 0 Å². The molecule has 0 spiro atoms. The van der Waals surface area contributed by atoms with E-state index in [1.54, 1.807) is 0 Å². The smallest absolute Gasteiger partial charge is 0.207 e. The van der Waals surface area contributed by atoms with Crippen LogP contribution < -0.4 is 5.32 Å². The van der Waals surface area contributed by atoms with Crippen molar-refractivity contribution in [3.8, 4) is 5.69 Å². The van der Waals surface area contributed by atoms with Gasteiger partial charge in [-0.2, -0.15) is 0 Å². The summed E-state index contributed by atoms with van der Waals surface area (Å²) in [5, 5.41) is 3.55. The zero-order valence-electron chi connectivity index (χ0n) is 12.8. The Morgan fingerprint density at radius 1 is 1.10 bits per heavy atom. The van der Waals surface area contributed by atoms with Crippen molar-refractivity contribution in [3.63, 3.8) is 0 Å². The van der Waals surface area contributed by atoms with E-state index in [9.17, 15) is 0 Å². The molecule has 21 heavy (non-hydrogen) atoms. The Kier molecular flexibility index (Phi) is 4.59. The fourth-order valence-electron chi connectivity index (χ4n) is 3.31. The first-order valence-electron chi connectivity index (χ1n) is 8.19. The van der Waals surface area contributed by atoms with Gasteiger partial charge in [0.05, 0.1) is 0 Å². The topological polar surface area (TPSA) is 29.9 Å². The van der Waals surface area contributed by atoms with Crippen LogP contribution >= 0.6 is 0 Å². The summed E-state index contributed by atoms with van der Waals surface area (Å²) in [5.41, 5.74) is 1.16. The maximum atomic E-state index is 4.46. The fourth-order valence-corrected chi connectivity index (χ4v) is 3.31. The zero-order valence-corrected chi connectivity index (χ0v) is 12.8. The van der Waals surface area contributed by atoms with Crippen LogP contribution in [-0.4, -0.2) is 16.1 Å². The molecule has 1 aliphatic rings. The molecule has 3 heteroatoms. The molecule has 0 saturated heterocycles. The van der Waals surface area contributed by atoms with Gasteiger partial charge in [-0.3, -0.25) is 4.57 Å². The molecule has 1 N–H and O–H groups in total. The number of nitrogens with zero attached hydrogens (tertiary/aromatic N) is 2. The Hall–Kier alpha value is -1.77. The highest BCUT2D eigenvalue weighted by atomic mass is 15.2. The largest absolute Gasteiger partial charge is 0.355 e. The number of imidazole rings is 1. The van der Waals surface area contributed by atoms with Gasteiger partial charge in [-0.1, -0.05) is 44.4 Å². The molecule has 1 aliphatic carbocycles. The quantitative estimate of drug-likeness (QED) is 0.875. The van der Waals surface area contributed by atoms with Gasteiger partial charge in [-0.05, 0) is 36.8 Å². The molecule has 2 aromatic rings. The molecule has 1 aromatic heterocycles. The summed E-state index contributed by atoms with van der Waals surface area (Å²) < 4.78 is 2.12. The van der Waals surface area contributed by atoms with Crippen LogP contribution in [0.4, 0.5) is 5.95 Å². The molecule has 1 heterocycles. The Labute approximate surface area is 127 Å². The van der Waals surface area contributed by atoms with Crippen LogP contribution in [0.1, 0.15) is 39.0 Å². The normalized spacial score (nSPS) is 22.1. The van der Waals surface area contributed by atoms with Gasteiger partial charge in [0.15, 0.2) is 0 Å². The molecule has 0 amide bonds. The van der Waals surface area contributed by atoms with Crippen LogP contribution in [0, 0.1) is 11.8 Å². The van der Waals surface area contributed by atoms with E-state index in [2.05, 4.69) is 46.1 Å². The second-order valence-electron chi connectivity index (χ2n) is 6.13. The van der Waals surface area contributed by atoms with Crippen molar-refractivity contribution in [2.75, 3.05) is 11.9 Å². The lowest BCUT2D eigenvalue weighted by atomic mass is 9.81. The van der Waals surface area contributed by atoms with Gasteiger partial charge < -0.3 is 5.32 Å². The number of anilines is 1. The van der Waals surface area contributed by atoms with Crippen LogP contribution in [0.25, 0.3) is 5.69 Å². The van der Waals surface area contributed by atoms with Crippen molar-refractivity contribution < 1.29 is 0 Å². The highest BCUT2D eigenvalue weighted by Crippen LogP contribution is 2.30. The fraction of sp³-hybridized carbons (Fsp3) is 0.500. The Morgan fingerprint density at radius 3 is 2.52 bits per heavy atom. The summed E-state index contributed by atoms with van der Waals surface area (Å²) >= 11 is 0. The molecule has 0 unspecified atom stereocenters. The van der Waals surface area contributed by atoms with Gasteiger partial charge in [0.25, 0.3) is 0 Å². The second-order valence-corrected chi connectivity index (χ2v) is 6.13. The number of aromatic nitrogens is 2. The third-order valence-electron chi connectivity index (χ3n) is 4.77. The number of hydrogen-bond donors (Lipinski definition) is 1. The number of benzene rings is 1. The molecule has 0 radical (unpaired) electrons. The molecule has 3 nitrogen and oxygen atoms in total. The minimum atomic E-state index is 0.800. The number of rotatable bonds is 5. The molecular weight excluding hydrogens is 258 g/mol. The van der Waals surface area contributed by atoms with E-state index >= 15 is 0 Å². The molecule has 0 bridgehead atoms. The molecule has 1 aromatic carbocycles. The first-order chi connectivity index (χ1) is 10.4. The van der Waals surface area contributed by atoms with Crippen LogP contribution in [0.5, 0.6) is 0 Å². The Balaban J connectivity index is 1.58. The summed E-state index contributed by atoms with van der Waals surface area (Å²) in [4.78, 5) is 4.46. The van der Waals surface area contributed by atoms with Crippen molar-refractivity contribution in [3.05, 3.63) is 42.7 Å². The summed E-state index contributed by atoms with van der Waals surface area (Å²) in [6.07, 6.45) is 10.7. The van der Waals surface area contributed by atoms with E-state index in [0.717, 1.165) is 30.0 Å². The summed E-state index contributed by atoms with van der Waals surface area (Å²) in [5.74, 6) is 2.72. The van der Waals surface area contributed by atoms with Crippen LogP contribution in [0.2, 0.25) is 0 Å². The first-order valence-corrected chi connectivity index (χ1v) is 8.19. The van der Waals surface area contributed by atoms with Crippen molar-refractivity contribution >= 4 is 5.95 Å². The lowest BCUT2D eigenvalue weighted by Gasteiger charge is -2.28. The third kappa shape index (κ3) is 3.46. The highest BCUT2D eigenvalue weighted by molar-refractivity contribution is 5.41. The molecule has 112 valence electrons. The summed E-state index contributed by atoms with van der Waals surface area (Å²) in [6, 6.07) is 10.4. The minimum absolute atomic E-state index is 0.800. The van der Waals surface area contributed by atoms with Crippen LogP contribution in [0.3, 0.4) is 0 Å². The lowest BCUT2D eigenvalue weighted by molar-refractivity contribution is 0.278. The molecule has 1 saturated carbocycles. The first kappa shape index (κ1) is 14.2. The third-order valence-corrected chi connectivity index (χ3v) is 4.77. The summed E-state index contributed by atoms with van der Waals surface area (Å²) in [7, 11) is 0. The Bertz CT molecular complexity index is 539. The predicted molar refractivity (Wildman–Crippen MR) is 87.8 cm³/mol. The lowest BCUT2D eigenvalue weighted by Crippen LogP contribution is -2.22. The molecule has 0 atom stereocenters. The number of nitrogens with one attached hydrogen (secondary N) is 1. The van der Waals surface area contributed by atoms with Crippen LogP contribution in [-0.2, 0) is 0 Å². The SMILES string of the molecule is CCC1CCC(CNc2nccn2-c2ccccc2)CC1. The predicted octanol–water partition coefficient (Wildman–Crippen LogP) is 4.50. The van der Waals surface area contributed by atoms with E-state index in [1.165, 1.54) is 32.1 Å². The second kappa shape index (κ2) is 6.79. The van der Waals surface area contributed by atoms with Gasteiger partial charge in [0.1, 0.15) is 0 Å². The Morgan fingerprint density at radius 2 is 1.81 bits per heavy atom. The average molecular weight is 283 g/mol. The van der Waals surface area contributed by atoms with Crippen molar-refractivity contribution in [1.29, 1.82) is 0 Å². The molecular formula is C18H25N3. The molecule has 1 fully saturated rings. The van der Waals surface area contributed by atoms with Gasteiger partial charge in [0.2, 0.25) is 5.95 Å². The van der Waals surface area contributed by atoms with E-state index in [0.29, 0.717) is 0 Å². The minimum Gasteiger partial charge on any atom is -0.355 e. The maximum Gasteiger partial charge on any atom is 0.207 e. The van der Waals surface area contributed by atoms with Crippen molar-refractivity contribution in [1.82, 2.24) is 9.55 Å². The monoisotopic (exact) mass is 283 g/mol. The van der Waals surface area contributed by atoms with Gasteiger partial charge in [0, 0.05) is 24.6 Å². The van der Waals surface area contributed by atoms with Gasteiger partial charge in [-0.25, -0.2) is 4.98 Å². The average Bonchev–Trinajstić information content (AvgIpc) is 3.03. The zero-order chi connectivity index (χ0) is 14.5. The summed E-state index contributed by atoms with van der Waals surface area (Å²) in [6.45, 7) is 3.36. The van der Waals surface area contributed by atoms with E-state index in [1.807, 2.05) is 18.5 Å². The van der Waals surface area contributed by atoms with Crippen molar-refractivity contribution in [2.24, 2.45) is 11.8 Å². The van der Waals surface area contributed by atoms with E-state index < -0.39 is 0 Å². The highest BCUT2D eigenvalue weighted by Gasteiger charge is 2.20. The number of hydrogen-bond acceptors (Lipinski definition) is 2. The van der Waals surface area contributed by atoms with Crippen molar-refractivity contribution in [2.45, 2.75) is 39.0 Å². The maximum absolute atomic E-state index is 4.46. The number of para-hydroxylation sites is 1. The standard InChI is InChI=1S/C18H25N3/c1-2-15-8-10-16(11-9-15)14-20-18-19-12-13-21(18)17-6-4-3-5-7-17/h3-7,12-13,15-16H,2,8-11,14H2,1H3,(H,19,20).